The van der Waals surface area contributed by atoms with Crippen LogP contribution in [0.3, 0.4) is 0 Å². The maximum absolute atomic E-state index is 13.7. The number of methoxy groups -OCH3 is 1. The van der Waals surface area contributed by atoms with Crippen LogP contribution in [0.1, 0.15) is 36.1 Å². The lowest BCUT2D eigenvalue weighted by atomic mass is 10.0. The summed E-state index contributed by atoms with van der Waals surface area (Å²) in [4.78, 5) is 28.8. The zero-order chi connectivity index (χ0) is 24.5. The molecule has 3 aromatic carbocycles. The van der Waals surface area contributed by atoms with Gasteiger partial charge in [-0.1, -0.05) is 72.3 Å². The molecule has 1 atom stereocenters. The molecule has 0 saturated carbocycles. The number of hydrogen-bond donors (Lipinski definition) is 1. The van der Waals surface area contributed by atoms with Crippen molar-refractivity contribution in [1.82, 2.24) is 10.2 Å². The third-order valence-electron chi connectivity index (χ3n) is 5.69. The van der Waals surface area contributed by atoms with E-state index in [-0.39, 0.29) is 24.3 Å². The van der Waals surface area contributed by atoms with Gasteiger partial charge in [0.2, 0.25) is 11.8 Å². The third-order valence-corrected chi connectivity index (χ3v) is 5.69. The first-order valence-electron chi connectivity index (χ1n) is 11.7. The average Bonchev–Trinajstić information content (AvgIpc) is 2.83. The number of ether oxygens (including phenoxy) is 1. The van der Waals surface area contributed by atoms with Gasteiger partial charge in [0.05, 0.1) is 13.5 Å². The van der Waals surface area contributed by atoms with E-state index in [0.717, 1.165) is 28.0 Å². The third kappa shape index (κ3) is 7.20. The molecule has 178 valence electrons. The smallest absolute Gasteiger partial charge is 0.243 e. The lowest BCUT2D eigenvalue weighted by molar-refractivity contribution is -0.141. The highest BCUT2D eigenvalue weighted by atomic mass is 16.5. The molecule has 0 saturated heterocycles. The van der Waals surface area contributed by atoms with Crippen LogP contribution in [0.2, 0.25) is 0 Å². The predicted molar refractivity (Wildman–Crippen MR) is 136 cm³/mol. The fourth-order valence-electron chi connectivity index (χ4n) is 3.84. The quantitative estimate of drug-likeness (QED) is 0.479. The number of amides is 2. The van der Waals surface area contributed by atoms with Crippen LogP contribution < -0.4 is 10.1 Å². The van der Waals surface area contributed by atoms with Gasteiger partial charge in [0.25, 0.3) is 0 Å². The maximum atomic E-state index is 13.7. The standard InChI is InChI=1S/C29H34N2O3/c1-21(2)30-29(33)27(18-23-8-6-5-7-9-23)31(20-25-12-10-22(3)11-13-25)28(32)19-24-14-16-26(34-4)17-15-24/h5-17,21,27H,18-20H2,1-4H3,(H,30,33)/t27-/m0/s1. The summed E-state index contributed by atoms with van der Waals surface area (Å²) in [7, 11) is 1.62. The largest absolute Gasteiger partial charge is 0.497 e. The normalized spacial score (nSPS) is 11.7. The van der Waals surface area contributed by atoms with Crippen LogP contribution in [0.4, 0.5) is 0 Å². The first-order valence-corrected chi connectivity index (χ1v) is 11.7. The van der Waals surface area contributed by atoms with Crippen LogP contribution in [0, 0.1) is 6.92 Å². The SMILES string of the molecule is COc1ccc(CC(=O)N(Cc2ccc(C)cc2)[C@@H](Cc2ccccc2)C(=O)NC(C)C)cc1. The molecule has 1 N–H and O–H groups in total. The van der Waals surface area contributed by atoms with Gasteiger partial charge in [-0.05, 0) is 49.6 Å². The summed E-state index contributed by atoms with van der Waals surface area (Å²) in [6.45, 7) is 6.25. The molecule has 0 fully saturated rings. The Morgan fingerprint density at radius 1 is 0.853 bits per heavy atom. The summed E-state index contributed by atoms with van der Waals surface area (Å²) in [5.74, 6) is 0.505. The van der Waals surface area contributed by atoms with Gasteiger partial charge in [0.15, 0.2) is 0 Å². The van der Waals surface area contributed by atoms with Crippen molar-refractivity contribution in [3.8, 4) is 5.75 Å². The van der Waals surface area contributed by atoms with Crippen LogP contribution in [-0.4, -0.2) is 35.9 Å². The van der Waals surface area contributed by atoms with Crippen LogP contribution >= 0.6 is 0 Å². The number of rotatable bonds is 10. The molecule has 0 bridgehead atoms. The van der Waals surface area contributed by atoms with E-state index in [1.807, 2.05) is 99.6 Å². The highest BCUT2D eigenvalue weighted by Gasteiger charge is 2.30. The van der Waals surface area contributed by atoms with E-state index < -0.39 is 6.04 Å². The van der Waals surface area contributed by atoms with Crippen LogP contribution in [0.15, 0.2) is 78.9 Å². The molecule has 0 heterocycles. The minimum Gasteiger partial charge on any atom is -0.497 e. The van der Waals surface area contributed by atoms with Gasteiger partial charge in [-0.25, -0.2) is 0 Å². The van der Waals surface area contributed by atoms with Gasteiger partial charge in [-0.15, -0.1) is 0 Å². The van der Waals surface area contributed by atoms with E-state index in [1.165, 1.54) is 0 Å². The zero-order valence-corrected chi connectivity index (χ0v) is 20.5. The van der Waals surface area contributed by atoms with Gasteiger partial charge in [-0.3, -0.25) is 9.59 Å². The highest BCUT2D eigenvalue weighted by Crippen LogP contribution is 2.18. The van der Waals surface area contributed by atoms with E-state index in [2.05, 4.69) is 5.32 Å². The van der Waals surface area contributed by atoms with Crippen molar-refractivity contribution in [3.05, 3.63) is 101 Å². The van der Waals surface area contributed by atoms with Crippen molar-refractivity contribution in [2.24, 2.45) is 0 Å². The topological polar surface area (TPSA) is 58.6 Å². The second-order valence-electron chi connectivity index (χ2n) is 8.90. The van der Waals surface area contributed by atoms with Crippen molar-refractivity contribution >= 4 is 11.8 Å². The van der Waals surface area contributed by atoms with Crippen molar-refractivity contribution in [3.63, 3.8) is 0 Å². The van der Waals surface area contributed by atoms with Crippen molar-refractivity contribution in [2.45, 2.75) is 52.2 Å². The van der Waals surface area contributed by atoms with Gasteiger partial charge >= 0.3 is 0 Å². The van der Waals surface area contributed by atoms with E-state index in [0.29, 0.717) is 13.0 Å². The molecule has 0 spiro atoms. The number of nitrogens with one attached hydrogen (secondary N) is 1. The lowest BCUT2D eigenvalue weighted by Gasteiger charge is -2.32. The summed E-state index contributed by atoms with van der Waals surface area (Å²) in [6.07, 6.45) is 0.649. The molecule has 34 heavy (non-hydrogen) atoms. The van der Waals surface area contributed by atoms with Gasteiger partial charge in [0.1, 0.15) is 11.8 Å². The van der Waals surface area contributed by atoms with E-state index in [9.17, 15) is 9.59 Å². The predicted octanol–water partition coefficient (Wildman–Crippen LogP) is 4.71. The number of carbonyl (C=O) groups excluding carboxylic acids is 2. The Morgan fingerprint density at radius 2 is 1.47 bits per heavy atom. The monoisotopic (exact) mass is 458 g/mol. The second kappa shape index (κ2) is 12.0. The zero-order valence-electron chi connectivity index (χ0n) is 20.5. The fourth-order valence-corrected chi connectivity index (χ4v) is 3.84. The van der Waals surface area contributed by atoms with Gasteiger partial charge < -0.3 is 15.0 Å². The van der Waals surface area contributed by atoms with Crippen LogP contribution in [0.5, 0.6) is 5.75 Å². The minimum atomic E-state index is -0.628. The lowest BCUT2D eigenvalue weighted by Crippen LogP contribution is -2.52. The molecular weight excluding hydrogens is 424 g/mol. The minimum absolute atomic E-state index is 0.0244. The first kappa shape index (κ1) is 25.0. The molecule has 0 aromatic heterocycles. The summed E-state index contributed by atoms with van der Waals surface area (Å²) in [5.41, 5.74) is 4.03. The fraction of sp³-hybridized carbons (Fsp3) is 0.310. The van der Waals surface area contributed by atoms with Crippen molar-refractivity contribution < 1.29 is 14.3 Å². The maximum Gasteiger partial charge on any atom is 0.243 e. The first-order chi connectivity index (χ1) is 16.4. The Bertz CT molecular complexity index is 1060. The number of hydrogen-bond acceptors (Lipinski definition) is 3. The van der Waals surface area contributed by atoms with Crippen LogP contribution in [0.25, 0.3) is 0 Å². The van der Waals surface area contributed by atoms with E-state index in [4.69, 9.17) is 4.74 Å². The molecule has 2 amide bonds. The summed E-state index contributed by atoms with van der Waals surface area (Å²) < 4.78 is 5.23. The summed E-state index contributed by atoms with van der Waals surface area (Å²) in [5, 5.41) is 3.02. The number of benzene rings is 3. The van der Waals surface area contributed by atoms with E-state index in [1.54, 1.807) is 12.0 Å². The highest BCUT2D eigenvalue weighted by molar-refractivity contribution is 5.89. The Labute approximate surface area is 202 Å². The Kier molecular flexibility index (Phi) is 8.86. The summed E-state index contributed by atoms with van der Waals surface area (Å²) >= 11 is 0. The molecule has 0 radical (unpaired) electrons. The van der Waals surface area contributed by atoms with Gasteiger partial charge in [0, 0.05) is 19.0 Å². The Morgan fingerprint density at radius 3 is 2.06 bits per heavy atom. The molecule has 3 aromatic rings. The second-order valence-corrected chi connectivity index (χ2v) is 8.90. The molecule has 0 aliphatic carbocycles. The molecular formula is C29H34N2O3. The summed E-state index contributed by atoms with van der Waals surface area (Å²) in [6, 6.07) is 24.8. The molecule has 0 unspecified atom stereocenters. The Balaban J connectivity index is 1.94. The number of carbonyl (C=O) groups is 2. The van der Waals surface area contributed by atoms with Crippen molar-refractivity contribution in [1.29, 1.82) is 0 Å². The molecule has 5 nitrogen and oxygen atoms in total. The average molecular weight is 459 g/mol. The van der Waals surface area contributed by atoms with Crippen LogP contribution in [-0.2, 0) is 29.0 Å². The molecule has 0 aliphatic rings. The van der Waals surface area contributed by atoms with E-state index >= 15 is 0 Å². The van der Waals surface area contributed by atoms with Gasteiger partial charge in [-0.2, -0.15) is 0 Å². The molecule has 5 heteroatoms. The van der Waals surface area contributed by atoms with Crippen molar-refractivity contribution in [2.75, 3.05) is 7.11 Å². The molecule has 3 rings (SSSR count). The number of nitrogens with zero attached hydrogens (tertiary/aromatic N) is 1. The Hall–Kier alpha value is -3.60. The molecule has 0 aliphatic heterocycles. The number of aryl methyl sites for hydroxylation is 1.